The Morgan fingerprint density at radius 2 is 2.19 bits per heavy atom. The molecule has 112 valence electrons. The molecule has 21 heavy (non-hydrogen) atoms. The van der Waals surface area contributed by atoms with Gasteiger partial charge in [0.15, 0.2) is 0 Å². The summed E-state index contributed by atoms with van der Waals surface area (Å²) >= 11 is 0. The van der Waals surface area contributed by atoms with E-state index in [1.165, 1.54) is 6.07 Å². The van der Waals surface area contributed by atoms with Crippen LogP contribution in [0.15, 0.2) is 24.3 Å². The van der Waals surface area contributed by atoms with Crippen LogP contribution in [0.3, 0.4) is 0 Å². The van der Waals surface area contributed by atoms with Gasteiger partial charge in [-0.05, 0) is 32.8 Å². The van der Waals surface area contributed by atoms with E-state index >= 15 is 0 Å². The number of benzene rings is 1. The average molecular weight is 288 g/mol. The third kappa shape index (κ3) is 2.71. The molecule has 0 amide bonds. The topological polar surface area (TPSA) is 18.5 Å². The Kier molecular flexibility index (Phi) is 3.77. The first kappa shape index (κ1) is 14.6. The molecule has 2 heterocycles. The van der Waals surface area contributed by atoms with Crippen molar-refractivity contribution in [3.8, 4) is 11.8 Å². The first-order valence-electron chi connectivity index (χ1n) is 7.52. The van der Waals surface area contributed by atoms with Crippen LogP contribution in [-0.4, -0.2) is 17.3 Å². The predicted molar refractivity (Wildman–Crippen MR) is 79.1 cm³/mol. The van der Waals surface area contributed by atoms with Gasteiger partial charge in [-0.2, -0.15) is 0 Å². The maximum atomic E-state index is 13.7. The van der Waals surface area contributed by atoms with Crippen LogP contribution in [0.5, 0.6) is 0 Å². The van der Waals surface area contributed by atoms with Gasteiger partial charge in [-0.3, -0.25) is 0 Å². The summed E-state index contributed by atoms with van der Waals surface area (Å²) in [6, 6.07) is 6.76. The number of hydrogen-bond acceptors (Lipinski definition) is 2. The van der Waals surface area contributed by atoms with Crippen LogP contribution in [0, 0.1) is 17.7 Å². The van der Waals surface area contributed by atoms with Gasteiger partial charge in [0.05, 0.1) is 23.9 Å². The van der Waals surface area contributed by atoms with E-state index in [0.717, 1.165) is 25.7 Å². The zero-order valence-electron chi connectivity index (χ0n) is 12.6. The van der Waals surface area contributed by atoms with Crippen LogP contribution in [0.1, 0.15) is 45.1 Å². The van der Waals surface area contributed by atoms with Gasteiger partial charge in [0.2, 0.25) is 0 Å². The van der Waals surface area contributed by atoms with E-state index in [4.69, 9.17) is 9.47 Å². The highest BCUT2D eigenvalue weighted by Gasteiger charge is 2.59. The van der Waals surface area contributed by atoms with Crippen molar-refractivity contribution in [3.05, 3.63) is 35.6 Å². The Balaban J connectivity index is 1.67. The molecule has 2 saturated heterocycles. The molecule has 0 N–H and O–H groups in total. The number of halogens is 1. The molecule has 0 saturated carbocycles. The Hall–Kier alpha value is -1.37. The molecule has 0 aromatic heterocycles. The van der Waals surface area contributed by atoms with E-state index in [2.05, 4.69) is 18.8 Å². The molecule has 1 aromatic carbocycles. The summed E-state index contributed by atoms with van der Waals surface area (Å²) in [4.78, 5) is 0. The molecule has 2 nitrogen and oxygen atoms in total. The molecule has 3 rings (SSSR count). The normalized spacial score (nSPS) is 33.8. The van der Waals surface area contributed by atoms with Crippen molar-refractivity contribution < 1.29 is 13.9 Å². The summed E-state index contributed by atoms with van der Waals surface area (Å²) in [5, 5.41) is 0. The van der Waals surface area contributed by atoms with Gasteiger partial charge in [-0.1, -0.05) is 18.2 Å². The SMILES string of the molecule is CC#CC[C@@]12CC[C@@](C)(O1)[C@@H](OCc1ccccc1F)C2. The van der Waals surface area contributed by atoms with Crippen LogP contribution < -0.4 is 0 Å². The highest BCUT2D eigenvalue weighted by atomic mass is 19.1. The lowest BCUT2D eigenvalue weighted by Crippen LogP contribution is -2.37. The summed E-state index contributed by atoms with van der Waals surface area (Å²) in [6.45, 7) is 4.25. The standard InChI is InChI=1S/C18H21FO2/c1-3-4-9-18-11-10-17(2,21-18)16(12-18)20-13-14-7-5-6-8-15(14)19/h5-8,16H,9-13H2,1-2H3/t16-,17+,18-/m0/s1. The van der Waals surface area contributed by atoms with Crippen molar-refractivity contribution in [1.29, 1.82) is 0 Å². The van der Waals surface area contributed by atoms with Crippen LogP contribution in [0.2, 0.25) is 0 Å². The van der Waals surface area contributed by atoms with Crippen molar-refractivity contribution in [2.24, 2.45) is 0 Å². The van der Waals surface area contributed by atoms with Gasteiger partial charge >= 0.3 is 0 Å². The van der Waals surface area contributed by atoms with E-state index in [9.17, 15) is 4.39 Å². The first-order chi connectivity index (χ1) is 10.1. The molecule has 2 fully saturated rings. The fourth-order valence-electron chi connectivity index (χ4n) is 3.48. The van der Waals surface area contributed by atoms with Gasteiger partial charge in [0, 0.05) is 18.4 Å². The maximum absolute atomic E-state index is 13.7. The lowest BCUT2D eigenvalue weighted by Gasteiger charge is -2.29. The second-order valence-corrected chi connectivity index (χ2v) is 6.30. The number of rotatable bonds is 4. The third-order valence-electron chi connectivity index (χ3n) is 4.75. The summed E-state index contributed by atoms with van der Waals surface area (Å²) in [7, 11) is 0. The first-order valence-corrected chi connectivity index (χ1v) is 7.52. The predicted octanol–water partition coefficient (Wildman–Crippen LogP) is 3.84. The third-order valence-corrected chi connectivity index (χ3v) is 4.75. The molecule has 1 aromatic rings. The van der Waals surface area contributed by atoms with Crippen LogP contribution in [0.4, 0.5) is 4.39 Å². The largest absolute Gasteiger partial charge is 0.370 e. The lowest BCUT2D eigenvalue weighted by molar-refractivity contribution is -0.0853. The monoisotopic (exact) mass is 288 g/mol. The minimum atomic E-state index is -0.249. The number of fused-ring (bicyclic) bond motifs is 2. The maximum Gasteiger partial charge on any atom is 0.128 e. The molecule has 0 spiro atoms. The van der Waals surface area contributed by atoms with Crippen LogP contribution in [-0.2, 0) is 16.1 Å². The Morgan fingerprint density at radius 1 is 1.38 bits per heavy atom. The molecule has 2 aliphatic rings. The van der Waals surface area contributed by atoms with Gasteiger partial charge in [0.1, 0.15) is 5.82 Å². The Morgan fingerprint density at radius 3 is 2.95 bits per heavy atom. The highest BCUT2D eigenvalue weighted by molar-refractivity contribution is 5.17. The average Bonchev–Trinajstić information content (AvgIpc) is 2.95. The second kappa shape index (κ2) is 5.44. The zero-order chi connectivity index (χ0) is 14.9. The van der Waals surface area contributed by atoms with Crippen molar-refractivity contribution in [3.63, 3.8) is 0 Å². The van der Waals surface area contributed by atoms with Crippen LogP contribution >= 0.6 is 0 Å². The molecular weight excluding hydrogens is 267 g/mol. The van der Waals surface area contributed by atoms with Gasteiger partial charge < -0.3 is 9.47 Å². The van der Waals surface area contributed by atoms with E-state index in [1.54, 1.807) is 12.1 Å². The van der Waals surface area contributed by atoms with E-state index in [1.807, 2.05) is 13.0 Å². The van der Waals surface area contributed by atoms with Gasteiger partial charge in [-0.15, -0.1) is 11.8 Å². The molecule has 3 heteroatoms. The summed E-state index contributed by atoms with van der Waals surface area (Å²) in [6.07, 6.45) is 3.66. The molecule has 2 bridgehead atoms. The fourth-order valence-corrected chi connectivity index (χ4v) is 3.48. The zero-order valence-corrected chi connectivity index (χ0v) is 12.6. The van der Waals surface area contributed by atoms with Gasteiger partial charge in [0.25, 0.3) is 0 Å². The van der Waals surface area contributed by atoms with Crippen molar-refractivity contribution >= 4 is 0 Å². The molecular formula is C18H21FO2. The van der Waals surface area contributed by atoms with Gasteiger partial charge in [-0.25, -0.2) is 4.39 Å². The number of ether oxygens (including phenoxy) is 2. The second-order valence-electron chi connectivity index (χ2n) is 6.30. The highest BCUT2D eigenvalue weighted by Crippen LogP contribution is 2.53. The van der Waals surface area contributed by atoms with E-state index in [0.29, 0.717) is 12.2 Å². The van der Waals surface area contributed by atoms with Crippen molar-refractivity contribution in [1.82, 2.24) is 0 Å². The Bertz CT molecular complexity index is 588. The minimum Gasteiger partial charge on any atom is -0.370 e. The van der Waals surface area contributed by atoms with Crippen LogP contribution in [0.25, 0.3) is 0 Å². The van der Waals surface area contributed by atoms with E-state index < -0.39 is 0 Å². The Labute approximate surface area is 125 Å². The molecule has 3 atom stereocenters. The van der Waals surface area contributed by atoms with Crippen molar-refractivity contribution in [2.75, 3.05) is 0 Å². The molecule has 0 radical (unpaired) electrons. The fraction of sp³-hybridized carbons (Fsp3) is 0.556. The smallest absolute Gasteiger partial charge is 0.128 e. The lowest BCUT2D eigenvalue weighted by atomic mass is 9.79. The molecule has 2 aliphatic heterocycles. The quantitative estimate of drug-likeness (QED) is 0.784. The van der Waals surface area contributed by atoms with E-state index in [-0.39, 0.29) is 23.1 Å². The van der Waals surface area contributed by atoms with Crippen molar-refractivity contribution in [2.45, 2.75) is 63.4 Å². The summed E-state index contributed by atoms with van der Waals surface area (Å²) < 4.78 is 25.9. The molecule has 0 unspecified atom stereocenters. The number of hydrogen-bond donors (Lipinski definition) is 0. The summed E-state index contributed by atoms with van der Waals surface area (Å²) in [5.74, 6) is 5.87. The molecule has 0 aliphatic carbocycles. The minimum absolute atomic E-state index is 0.0181. The summed E-state index contributed by atoms with van der Waals surface area (Å²) in [5.41, 5.74) is 0.199.